The molecule has 2 aromatic carbocycles. The molecule has 0 radical (unpaired) electrons. The Morgan fingerprint density at radius 2 is 1.81 bits per heavy atom. The molecule has 2 atom stereocenters. The molecule has 3 heterocycles. The van der Waals surface area contributed by atoms with Gasteiger partial charge in [-0.25, -0.2) is 21.6 Å². The lowest BCUT2D eigenvalue weighted by Crippen LogP contribution is -2.47. The van der Waals surface area contributed by atoms with Crippen LogP contribution in [0.15, 0.2) is 82.7 Å². The molecule has 11 nitrogen and oxygen atoms in total. The first kappa shape index (κ1) is 30.5. The highest BCUT2D eigenvalue weighted by Crippen LogP contribution is 2.37. The molecule has 13 heteroatoms. The monoisotopic (exact) mass is 616 g/mol. The Balaban J connectivity index is 1.08. The average Bonchev–Trinajstić information content (AvgIpc) is 3.41. The standard InChI is InChI=1S/C29H36N4O7S2/c1-30-41(35,36)27-6-4-5-25(17-27)39-21-24(34)19-32-23-18-29(40-20-23)12-15-33(16-13-29)42(37,38)26-10-8-22(9-11-26)28-7-2-3-14-31-28/h2-11,14,17,23-24,30,32,34H,12-13,15-16,18-21H2,1H3. The highest BCUT2D eigenvalue weighted by atomic mass is 32.2. The largest absolute Gasteiger partial charge is 0.491 e. The maximum Gasteiger partial charge on any atom is 0.243 e. The number of aliphatic hydroxyl groups excluding tert-OH is 1. The van der Waals surface area contributed by atoms with Crippen LogP contribution in [0.4, 0.5) is 0 Å². The van der Waals surface area contributed by atoms with Crippen LogP contribution < -0.4 is 14.8 Å². The van der Waals surface area contributed by atoms with Gasteiger partial charge in [0, 0.05) is 43.5 Å². The van der Waals surface area contributed by atoms with E-state index >= 15 is 0 Å². The number of nitrogens with one attached hydrogen (secondary N) is 2. The van der Waals surface area contributed by atoms with Crippen LogP contribution in [-0.4, -0.2) is 88.9 Å². The molecule has 3 aromatic rings. The van der Waals surface area contributed by atoms with Gasteiger partial charge in [-0.3, -0.25) is 4.98 Å². The number of nitrogens with zero attached hydrogens (tertiary/aromatic N) is 2. The van der Waals surface area contributed by atoms with Gasteiger partial charge in [0.2, 0.25) is 20.0 Å². The number of ether oxygens (including phenoxy) is 2. The van der Waals surface area contributed by atoms with Gasteiger partial charge in [0.25, 0.3) is 0 Å². The molecule has 2 unspecified atom stereocenters. The summed E-state index contributed by atoms with van der Waals surface area (Å²) in [5.74, 6) is 0.347. The SMILES string of the molecule is CNS(=O)(=O)c1cccc(OCC(O)CNC2COC3(CCN(S(=O)(=O)c4ccc(-c5ccccn5)cc4)CC3)C2)c1. The van der Waals surface area contributed by atoms with E-state index in [9.17, 15) is 21.9 Å². The Hall–Kier alpha value is -2.91. The van der Waals surface area contributed by atoms with Gasteiger partial charge in [-0.1, -0.05) is 24.3 Å². The number of pyridine rings is 1. The fourth-order valence-corrected chi connectivity index (χ4v) is 7.55. The average molecular weight is 617 g/mol. The van der Waals surface area contributed by atoms with Crippen LogP contribution >= 0.6 is 0 Å². The summed E-state index contributed by atoms with van der Waals surface area (Å²) in [5, 5.41) is 13.7. The van der Waals surface area contributed by atoms with E-state index in [2.05, 4.69) is 15.0 Å². The summed E-state index contributed by atoms with van der Waals surface area (Å²) >= 11 is 0. The zero-order valence-corrected chi connectivity index (χ0v) is 25.0. The van der Waals surface area contributed by atoms with Crippen LogP contribution in [0.5, 0.6) is 5.75 Å². The van der Waals surface area contributed by atoms with Gasteiger partial charge < -0.3 is 19.9 Å². The molecular weight excluding hydrogens is 580 g/mol. The van der Waals surface area contributed by atoms with Crippen LogP contribution in [0.1, 0.15) is 19.3 Å². The molecular formula is C29H36N4O7S2. The first-order valence-electron chi connectivity index (χ1n) is 13.8. The van der Waals surface area contributed by atoms with E-state index in [1.165, 1.54) is 23.5 Å². The van der Waals surface area contributed by atoms with Gasteiger partial charge in [0.15, 0.2) is 0 Å². The lowest BCUT2D eigenvalue weighted by molar-refractivity contribution is -0.0312. The summed E-state index contributed by atoms with van der Waals surface area (Å²) in [4.78, 5) is 4.66. The van der Waals surface area contributed by atoms with E-state index < -0.39 is 31.8 Å². The number of rotatable bonds is 11. The molecule has 5 rings (SSSR count). The Bertz CT molecular complexity index is 1560. The van der Waals surface area contributed by atoms with Crippen LogP contribution in [0.25, 0.3) is 11.3 Å². The van der Waals surface area contributed by atoms with Crippen molar-refractivity contribution in [1.29, 1.82) is 0 Å². The van der Waals surface area contributed by atoms with Gasteiger partial charge in [-0.05, 0) is 62.7 Å². The second-order valence-corrected chi connectivity index (χ2v) is 14.4. The van der Waals surface area contributed by atoms with E-state index in [1.54, 1.807) is 42.6 Å². The number of aromatic nitrogens is 1. The number of piperidine rings is 1. The van der Waals surface area contributed by atoms with E-state index in [-0.39, 0.29) is 29.0 Å². The van der Waals surface area contributed by atoms with Crippen molar-refractivity contribution in [2.75, 3.05) is 39.9 Å². The van der Waals surface area contributed by atoms with E-state index in [1.807, 2.05) is 18.2 Å². The Labute approximate surface area is 247 Å². The minimum absolute atomic E-state index is 0.00949. The van der Waals surface area contributed by atoms with Crippen molar-refractivity contribution in [3.63, 3.8) is 0 Å². The van der Waals surface area contributed by atoms with Gasteiger partial charge >= 0.3 is 0 Å². The molecule has 2 saturated heterocycles. The van der Waals surface area contributed by atoms with Gasteiger partial charge in [-0.2, -0.15) is 4.31 Å². The van der Waals surface area contributed by atoms with Crippen molar-refractivity contribution in [3.05, 3.63) is 72.9 Å². The Kier molecular flexibility index (Phi) is 9.28. The van der Waals surface area contributed by atoms with E-state index in [0.29, 0.717) is 38.3 Å². The molecule has 1 aromatic heterocycles. The minimum atomic E-state index is -3.63. The third kappa shape index (κ3) is 7.00. The van der Waals surface area contributed by atoms with Crippen LogP contribution in [0.2, 0.25) is 0 Å². The highest BCUT2D eigenvalue weighted by molar-refractivity contribution is 7.89. The zero-order chi connectivity index (χ0) is 29.8. The minimum Gasteiger partial charge on any atom is -0.491 e. The molecule has 42 heavy (non-hydrogen) atoms. The molecule has 1 spiro atoms. The molecule has 2 aliphatic heterocycles. The van der Waals surface area contributed by atoms with Crippen LogP contribution in [-0.2, 0) is 24.8 Å². The van der Waals surface area contributed by atoms with Crippen molar-refractivity contribution < 1.29 is 31.4 Å². The summed E-state index contributed by atoms with van der Waals surface area (Å²) in [5.41, 5.74) is 1.25. The summed E-state index contributed by atoms with van der Waals surface area (Å²) in [6.07, 6.45) is 2.79. The zero-order valence-electron chi connectivity index (χ0n) is 23.3. The number of aliphatic hydroxyl groups is 1. The van der Waals surface area contributed by atoms with Crippen molar-refractivity contribution in [2.45, 2.75) is 46.8 Å². The van der Waals surface area contributed by atoms with Crippen molar-refractivity contribution >= 4 is 20.0 Å². The Morgan fingerprint density at radius 1 is 1.05 bits per heavy atom. The summed E-state index contributed by atoms with van der Waals surface area (Å²) in [7, 11) is -5.88. The van der Waals surface area contributed by atoms with Crippen molar-refractivity contribution in [3.8, 4) is 17.0 Å². The third-order valence-corrected chi connectivity index (χ3v) is 11.1. The molecule has 2 fully saturated rings. The fraction of sp³-hybridized carbons (Fsp3) is 0.414. The van der Waals surface area contributed by atoms with Gasteiger partial charge in [0.1, 0.15) is 18.5 Å². The second-order valence-electron chi connectivity index (χ2n) is 10.6. The smallest absolute Gasteiger partial charge is 0.243 e. The lowest BCUT2D eigenvalue weighted by atomic mass is 9.88. The molecule has 3 N–H and O–H groups in total. The maximum absolute atomic E-state index is 13.3. The topological polar surface area (TPSA) is 147 Å². The van der Waals surface area contributed by atoms with E-state index in [4.69, 9.17) is 9.47 Å². The first-order valence-corrected chi connectivity index (χ1v) is 16.8. The molecule has 0 amide bonds. The second kappa shape index (κ2) is 12.8. The number of sulfonamides is 2. The predicted octanol–water partition coefficient (Wildman–Crippen LogP) is 2.00. The number of benzene rings is 2. The Morgan fingerprint density at radius 3 is 2.50 bits per heavy atom. The highest BCUT2D eigenvalue weighted by Gasteiger charge is 2.44. The fourth-order valence-electron chi connectivity index (χ4n) is 5.34. The summed E-state index contributed by atoms with van der Waals surface area (Å²) in [6.45, 7) is 1.48. The van der Waals surface area contributed by atoms with Crippen molar-refractivity contribution in [2.24, 2.45) is 0 Å². The number of hydrogen-bond acceptors (Lipinski definition) is 9. The predicted molar refractivity (Wildman–Crippen MR) is 157 cm³/mol. The molecule has 0 bridgehead atoms. The van der Waals surface area contributed by atoms with E-state index in [0.717, 1.165) is 17.7 Å². The number of hydrogen-bond donors (Lipinski definition) is 3. The van der Waals surface area contributed by atoms with Crippen LogP contribution in [0, 0.1) is 0 Å². The first-order chi connectivity index (χ1) is 20.1. The maximum atomic E-state index is 13.3. The summed E-state index contributed by atoms with van der Waals surface area (Å²) in [6, 6.07) is 18.5. The third-order valence-electron chi connectivity index (χ3n) is 7.76. The van der Waals surface area contributed by atoms with Crippen molar-refractivity contribution in [1.82, 2.24) is 19.3 Å². The van der Waals surface area contributed by atoms with Gasteiger partial charge in [-0.15, -0.1) is 0 Å². The molecule has 0 aliphatic carbocycles. The normalized spacial score (nSPS) is 20.0. The molecule has 2 aliphatic rings. The van der Waals surface area contributed by atoms with Gasteiger partial charge in [0.05, 0.1) is 27.7 Å². The van der Waals surface area contributed by atoms with Crippen LogP contribution in [0.3, 0.4) is 0 Å². The quantitative estimate of drug-likeness (QED) is 0.294. The molecule has 226 valence electrons. The summed E-state index contributed by atoms with van der Waals surface area (Å²) < 4.78 is 66.2. The lowest BCUT2D eigenvalue weighted by Gasteiger charge is -2.38. The molecule has 0 saturated carbocycles.